The summed E-state index contributed by atoms with van der Waals surface area (Å²) in [6.07, 6.45) is 12.4. The highest BCUT2D eigenvalue weighted by Gasteiger charge is 2.48. The highest BCUT2D eigenvalue weighted by atomic mass is 14.5. The topological polar surface area (TPSA) is 0 Å². The van der Waals surface area contributed by atoms with Gasteiger partial charge in [-0.25, -0.2) is 0 Å². The van der Waals surface area contributed by atoms with E-state index in [2.05, 4.69) is 39.2 Å². The molecular formula is C19H26. The van der Waals surface area contributed by atoms with Crippen molar-refractivity contribution in [3.8, 4) is 0 Å². The first-order valence-electron chi connectivity index (χ1n) is 7.83. The molecule has 0 aromatic carbocycles. The summed E-state index contributed by atoms with van der Waals surface area (Å²) in [6.45, 7) is 13.2. The van der Waals surface area contributed by atoms with Gasteiger partial charge in [0.1, 0.15) is 0 Å². The third kappa shape index (κ3) is 1.88. The van der Waals surface area contributed by atoms with Gasteiger partial charge >= 0.3 is 0 Å². The number of hydrogen-bond donors (Lipinski definition) is 0. The number of fused-ring (bicyclic) bond motifs is 2. The molecule has 0 amide bonds. The van der Waals surface area contributed by atoms with Gasteiger partial charge in [-0.3, -0.25) is 0 Å². The van der Waals surface area contributed by atoms with Gasteiger partial charge < -0.3 is 0 Å². The summed E-state index contributed by atoms with van der Waals surface area (Å²) in [5, 5.41) is 0. The second-order valence-corrected chi connectivity index (χ2v) is 6.94. The zero-order valence-electron chi connectivity index (χ0n) is 12.5. The Balaban J connectivity index is 2.00. The van der Waals surface area contributed by atoms with E-state index in [4.69, 9.17) is 0 Å². The summed E-state index contributed by atoms with van der Waals surface area (Å²) in [4.78, 5) is 0. The smallest absolute Gasteiger partial charge is 0.00613 e. The molecule has 0 saturated heterocycles. The maximum absolute atomic E-state index is 4.20. The van der Waals surface area contributed by atoms with Gasteiger partial charge in [0.2, 0.25) is 0 Å². The largest absolute Gasteiger partial charge is 0.0949 e. The van der Waals surface area contributed by atoms with Gasteiger partial charge in [-0.2, -0.15) is 0 Å². The fourth-order valence-corrected chi connectivity index (χ4v) is 4.79. The highest BCUT2D eigenvalue weighted by Crippen LogP contribution is 2.59. The van der Waals surface area contributed by atoms with Gasteiger partial charge in [-0.05, 0) is 66.1 Å². The zero-order valence-corrected chi connectivity index (χ0v) is 12.5. The van der Waals surface area contributed by atoms with Crippen molar-refractivity contribution in [2.24, 2.45) is 17.3 Å². The summed E-state index contributed by atoms with van der Waals surface area (Å²) < 4.78 is 0. The first-order valence-corrected chi connectivity index (χ1v) is 7.83. The van der Waals surface area contributed by atoms with Crippen LogP contribution in [0.2, 0.25) is 0 Å². The molecule has 102 valence electrons. The Morgan fingerprint density at radius 2 is 2.05 bits per heavy atom. The normalized spacial score (nSPS) is 38.2. The molecule has 0 aromatic heterocycles. The minimum atomic E-state index is 0.547. The van der Waals surface area contributed by atoms with Crippen LogP contribution in [0, 0.1) is 17.3 Å². The molecule has 0 heteroatoms. The lowest BCUT2D eigenvalue weighted by atomic mass is 9.62. The predicted molar refractivity (Wildman–Crippen MR) is 82.9 cm³/mol. The second-order valence-electron chi connectivity index (χ2n) is 6.94. The molecular weight excluding hydrogens is 228 g/mol. The molecule has 3 rings (SSSR count). The van der Waals surface area contributed by atoms with Crippen LogP contribution in [0.5, 0.6) is 0 Å². The Morgan fingerprint density at radius 3 is 2.79 bits per heavy atom. The van der Waals surface area contributed by atoms with E-state index in [1.165, 1.54) is 37.7 Å². The quantitative estimate of drug-likeness (QED) is 0.572. The molecule has 0 nitrogen and oxygen atoms in total. The SMILES string of the molecule is C=C1C=CC2=C(CCC3(C)C(CC)CCC23)CC1=C. The zero-order chi connectivity index (χ0) is 13.6. The molecule has 19 heavy (non-hydrogen) atoms. The fourth-order valence-electron chi connectivity index (χ4n) is 4.79. The fraction of sp³-hybridized carbons (Fsp3) is 0.579. The standard InChI is InChI=1S/C19H26/c1-5-16-7-9-18-17-8-6-13(2)14(3)12-15(17)10-11-19(16,18)4/h6,8,16,18H,2-3,5,7,9-12H2,1,4H3. The van der Waals surface area contributed by atoms with E-state index in [9.17, 15) is 0 Å². The average molecular weight is 254 g/mol. The molecule has 0 bridgehead atoms. The second kappa shape index (κ2) is 4.51. The van der Waals surface area contributed by atoms with Crippen LogP contribution in [0.25, 0.3) is 0 Å². The molecule has 0 aromatic rings. The van der Waals surface area contributed by atoms with E-state index in [0.717, 1.165) is 23.8 Å². The van der Waals surface area contributed by atoms with E-state index in [0.29, 0.717) is 5.41 Å². The van der Waals surface area contributed by atoms with Gasteiger partial charge in [0.25, 0.3) is 0 Å². The summed E-state index contributed by atoms with van der Waals surface area (Å²) in [5.41, 5.74) is 6.19. The van der Waals surface area contributed by atoms with E-state index >= 15 is 0 Å². The van der Waals surface area contributed by atoms with Crippen LogP contribution >= 0.6 is 0 Å². The van der Waals surface area contributed by atoms with Gasteiger partial charge in [0.15, 0.2) is 0 Å². The van der Waals surface area contributed by atoms with Crippen LogP contribution in [0.1, 0.15) is 52.4 Å². The summed E-state index contributed by atoms with van der Waals surface area (Å²) in [7, 11) is 0. The van der Waals surface area contributed by atoms with E-state index < -0.39 is 0 Å². The molecule has 3 aliphatic rings. The van der Waals surface area contributed by atoms with Crippen molar-refractivity contribution in [3.05, 3.63) is 47.6 Å². The van der Waals surface area contributed by atoms with Gasteiger partial charge in [0, 0.05) is 0 Å². The maximum atomic E-state index is 4.20. The molecule has 3 aliphatic carbocycles. The first kappa shape index (κ1) is 13.0. The van der Waals surface area contributed by atoms with Gasteiger partial charge in [-0.1, -0.05) is 51.2 Å². The lowest BCUT2D eigenvalue weighted by Gasteiger charge is -2.42. The molecule has 3 unspecified atom stereocenters. The summed E-state index contributed by atoms with van der Waals surface area (Å²) in [6, 6.07) is 0. The van der Waals surface area contributed by atoms with Crippen molar-refractivity contribution >= 4 is 0 Å². The van der Waals surface area contributed by atoms with Crippen molar-refractivity contribution in [2.45, 2.75) is 52.4 Å². The van der Waals surface area contributed by atoms with E-state index in [-0.39, 0.29) is 0 Å². The third-order valence-corrected chi connectivity index (χ3v) is 6.12. The Bertz CT molecular complexity index is 488. The predicted octanol–water partition coefficient (Wildman–Crippen LogP) is 5.59. The van der Waals surface area contributed by atoms with Gasteiger partial charge in [-0.15, -0.1) is 0 Å². The number of rotatable bonds is 1. The van der Waals surface area contributed by atoms with Crippen molar-refractivity contribution in [1.82, 2.24) is 0 Å². The van der Waals surface area contributed by atoms with Crippen LogP contribution in [-0.4, -0.2) is 0 Å². The van der Waals surface area contributed by atoms with E-state index in [1.807, 2.05) is 0 Å². The molecule has 0 aliphatic heterocycles. The number of hydrogen-bond acceptors (Lipinski definition) is 0. The van der Waals surface area contributed by atoms with Gasteiger partial charge in [0.05, 0.1) is 0 Å². The maximum Gasteiger partial charge on any atom is -0.00613 e. The third-order valence-electron chi connectivity index (χ3n) is 6.12. The lowest BCUT2D eigenvalue weighted by molar-refractivity contribution is 0.149. The minimum Gasteiger partial charge on any atom is -0.0949 e. The highest BCUT2D eigenvalue weighted by molar-refractivity contribution is 5.48. The molecule has 1 fully saturated rings. The summed E-state index contributed by atoms with van der Waals surface area (Å²) in [5.74, 6) is 1.71. The van der Waals surface area contributed by atoms with Crippen LogP contribution in [0.3, 0.4) is 0 Å². The Morgan fingerprint density at radius 1 is 1.26 bits per heavy atom. The molecule has 0 heterocycles. The first-order chi connectivity index (χ1) is 9.06. The summed E-state index contributed by atoms with van der Waals surface area (Å²) >= 11 is 0. The average Bonchev–Trinajstić information content (AvgIpc) is 2.66. The monoisotopic (exact) mass is 254 g/mol. The lowest BCUT2D eigenvalue weighted by Crippen LogP contribution is -2.33. The minimum absolute atomic E-state index is 0.547. The van der Waals surface area contributed by atoms with Crippen LogP contribution in [0.4, 0.5) is 0 Å². The van der Waals surface area contributed by atoms with Crippen LogP contribution < -0.4 is 0 Å². The Kier molecular flexibility index (Phi) is 3.08. The Hall–Kier alpha value is -1.04. The molecule has 0 N–H and O–H groups in total. The molecule has 0 spiro atoms. The number of allylic oxidation sites excluding steroid dienone is 6. The van der Waals surface area contributed by atoms with E-state index in [1.54, 1.807) is 11.1 Å². The molecule has 3 atom stereocenters. The Labute approximate surface area is 118 Å². The molecule has 1 saturated carbocycles. The van der Waals surface area contributed by atoms with Crippen LogP contribution in [-0.2, 0) is 0 Å². The van der Waals surface area contributed by atoms with Crippen molar-refractivity contribution in [3.63, 3.8) is 0 Å². The molecule has 0 radical (unpaired) electrons. The van der Waals surface area contributed by atoms with Crippen molar-refractivity contribution < 1.29 is 0 Å². The van der Waals surface area contributed by atoms with Crippen LogP contribution in [0.15, 0.2) is 47.6 Å². The van der Waals surface area contributed by atoms with Crippen molar-refractivity contribution in [1.29, 1.82) is 0 Å². The van der Waals surface area contributed by atoms with Crippen molar-refractivity contribution in [2.75, 3.05) is 0 Å².